The van der Waals surface area contributed by atoms with E-state index in [0.29, 0.717) is 6.54 Å². The van der Waals surface area contributed by atoms with Crippen LogP contribution < -0.4 is 5.32 Å². The van der Waals surface area contributed by atoms with Gasteiger partial charge >= 0.3 is 0 Å². The fraction of sp³-hybridized carbons (Fsp3) is 0.300. The first-order chi connectivity index (χ1) is 11.5. The third-order valence-corrected chi connectivity index (χ3v) is 4.39. The zero-order chi connectivity index (χ0) is 17.3. The average Bonchev–Trinajstić information content (AvgIpc) is 2.86. The monoisotopic (exact) mass is 321 g/mol. The Morgan fingerprint density at radius 1 is 1.12 bits per heavy atom. The van der Waals surface area contributed by atoms with Crippen LogP contribution in [0.4, 0.5) is 0 Å². The standard InChI is InChI=1S/C20H23N3O/c1-13-9-14(2)17(15(3)10-13)12-23-19-8-6-5-7-18(19)22-20(23)11-21-16(4)24/h5-10H,11-12H2,1-4H3,(H,21,24). The van der Waals surface area contributed by atoms with Crippen LogP contribution in [-0.4, -0.2) is 15.5 Å². The van der Waals surface area contributed by atoms with Gasteiger partial charge in [-0.05, 0) is 49.6 Å². The van der Waals surface area contributed by atoms with Gasteiger partial charge in [0.15, 0.2) is 0 Å². The summed E-state index contributed by atoms with van der Waals surface area (Å²) in [7, 11) is 0. The maximum atomic E-state index is 11.3. The van der Waals surface area contributed by atoms with Gasteiger partial charge < -0.3 is 9.88 Å². The Balaban J connectivity index is 2.07. The third kappa shape index (κ3) is 3.18. The molecule has 1 N–H and O–H groups in total. The molecule has 124 valence electrons. The molecule has 1 amide bonds. The van der Waals surface area contributed by atoms with Gasteiger partial charge in [0.25, 0.3) is 0 Å². The van der Waals surface area contributed by atoms with Crippen LogP contribution in [0.15, 0.2) is 36.4 Å². The number of hydrogen-bond acceptors (Lipinski definition) is 2. The highest BCUT2D eigenvalue weighted by Crippen LogP contribution is 2.22. The Morgan fingerprint density at radius 3 is 2.46 bits per heavy atom. The lowest BCUT2D eigenvalue weighted by atomic mass is 9.99. The lowest BCUT2D eigenvalue weighted by Crippen LogP contribution is -2.22. The van der Waals surface area contributed by atoms with E-state index in [1.165, 1.54) is 29.2 Å². The molecule has 0 spiro atoms. The van der Waals surface area contributed by atoms with Crippen LogP contribution in [0, 0.1) is 20.8 Å². The maximum Gasteiger partial charge on any atom is 0.217 e. The van der Waals surface area contributed by atoms with Crippen LogP contribution in [0.3, 0.4) is 0 Å². The second-order valence-electron chi connectivity index (χ2n) is 6.39. The summed E-state index contributed by atoms with van der Waals surface area (Å²) in [5.74, 6) is 0.835. The van der Waals surface area contributed by atoms with Crippen molar-refractivity contribution in [3.05, 3.63) is 64.5 Å². The van der Waals surface area contributed by atoms with Crippen molar-refractivity contribution in [1.29, 1.82) is 0 Å². The summed E-state index contributed by atoms with van der Waals surface area (Å²) in [4.78, 5) is 16.0. The van der Waals surface area contributed by atoms with Gasteiger partial charge in [-0.15, -0.1) is 0 Å². The van der Waals surface area contributed by atoms with Gasteiger partial charge in [-0.3, -0.25) is 4.79 Å². The van der Waals surface area contributed by atoms with E-state index in [1.807, 2.05) is 18.2 Å². The predicted molar refractivity (Wildman–Crippen MR) is 97.0 cm³/mol. The Hall–Kier alpha value is -2.62. The SMILES string of the molecule is CC(=O)NCc1nc2ccccc2n1Cc1c(C)cc(C)cc1C. The highest BCUT2D eigenvalue weighted by Gasteiger charge is 2.13. The summed E-state index contributed by atoms with van der Waals surface area (Å²) in [5.41, 5.74) is 7.22. The number of aromatic nitrogens is 2. The van der Waals surface area contributed by atoms with E-state index < -0.39 is 0 Å². The first kappa shape index (κ1) is 16.2. The van der Waals surface area contributed by atoms with E-state index >= 15 is 0 Å². The summed E-state index contributed by atoms with van der Waals surface area (Å²) in [6.07, 6.45) is 0. The molecule has 0 radical (unpaired) electrons. The first-order valence-corrected chi connectivity index (χ1v) is 8.21. The molecule has 4 heteroatoms. The molecule has 3 aromatic rings. The number of para-hydroxylation sites is 2. The molecule has 0 aliphatic carbocycles. The molecule has 0 bridgehead atoms. The van der Waals surface area contributed by atoms with Crippen LogP contribution >= 0.6 is 0 Å². The minimum atomic E-state index is -0.0451. The van der Waals surface area contributed by atoms with E-state index in [0.717, 1.165) is 23.4 Å². The van der Waals surface area contributed by atoms with Gasteiger partial charge in [-0.2, -0.15) is 0 Å². The zero-order valence-corrected chi connectivity index (χ0v) is 14.7. The van der Waals surface area contributed by atoms with Gasteiger partial charge in [0.2, 0.25) is 5.91 Å². The zero-order valence-electron chi connectivity index (χ0n) is 14.7. The highest BCUT2D eigenvalue weighted by atomic mass is 16.1. The minimum Gasteiger partial charge on any atom is -0.349 e. The Labute approximate surface area is 142 Å². The lowest BCUT2D eigenvalue weighted by Gasteiger charge is -2.15. The molecule has 0 saturated carbocycles. The van der Waals surface area contributed by atoms with E-state index in [4.69, 9.17) is 4.98 Å². The molecule has 0 atom stereocenters. The van der Waals surface area contributed by atoms with Crippen molar-refractivity contribution in [2.24, 2.45) is 0 Å². The van der Waals surface area contributed by atoms with Crippen LogP contribution in [0.25, 0.3) is 11.0 Å². The van der Waals surface area contributed by atoms with Crippen molar-refractivity contribution in [3.8, 4) is 0 Å². The highest BCUT2D eigenvalue weighted by molar-refractivity contribution is 5.76. The molecule has 2 aromatic carbocycles. The molecule has 1 heterocycles. The van der Waals surface area contributed by atoms with Crippen LogP contribution in [0.5, 0.6) is 0 Å². The van der Waals surface area contributed by atoms with E-state index in [-0.39, 0.29) is 5.91 Å². The number of nitrogens with zero attached hydrogens (tertiary/aromatic N) is 2. The average molecular weight is 321 g/mol. The molecule has 0 unspecified atom stereocenters. The number of carbonyl (C=O) groups excluding carboxylic acids is 1. The van der Waals surface area contributed by atoms with E-state index in [9.17, 15) is 4.79 Å². The number of benzene rings is 2. The van der Waals surface area contributed by atoms with E-state index in [2.05, 4.69) is 48.9 Å². The predicted octanol–water partition coefficient (Wildman–Crippen LogP) is 3.65. The largest absolute Gasteiger partial charge is 0.349 e. The number of carbonyl (C=O) groups is 1. The van der Waals surface area contributed by atoms with Crippen molar-refractivity contribution < 1.29 is 4.79 Å². The molecular weight excluding hydrogens is 298 g/mol. The fourth-order valence-electron chi connectivity index (χ4n) is 3.26. The molecule has 3 rings (SSSR count). The Kier molecular flexibility index (Phi) is 4.38. The third-order valence-electron chi connectivity index (χ3n) is 4.39. The van der Waals surface area contributed by atoms with Crippen molar-refractivity contribution in [1.82, 2.24) is 14.9 Å². The molecule has 0 fully saturated rings. The number of amides is 1. The summed E-state index contributed by atoms with van der Waals surface area (Å²) in [6, 6.07) is 12.5. The number of fused-ring (bicyclic) bond motifs is 1. The summed E-state index contributed by atoms with van der Waals surface area (Å²) < 4.78 is 2.20. The van der Waals surface area contributed by atoms with Crippen LogP contribution in [0.2, 0.25) is 0 Å². The van der Waals surface area contributed by atoms with Crippen molar-refractivity contribution >= 4 is 16.9 Å². The second-order valence-corrected chi connectivity index (χ2v) is 6.39. The Bertz CT molecular complexity index is 885. The van der Waals surface area contributed by atoms with Gasteiger partial charge in [-0.25, -0.2) is 4.98 Å². The number of hydrogen-bond donors (Lipinski definition) is 1. The Morgan fingerprint density at radius 2 is 1.79 bits per heavy atom. The summed E-state index contributed by atoms with van der Waals surface area (Å²) in [5, 5.41) is 2.87. The molecule has 0 saturated heterocycles. The lowest BCUT2D eigenvalue weighted by molar-refractivity contribution is -0.119. The number of rotatable bonds is 4. The smallest absolute Gasteiger partial charge is 0.217 e. The van der Waals surface area contributed by atoms with Gasteiger partial charge in [0.05, 0.1) is 17.6 Å². The summed E-state index contributed by atoms with van der Waals surface area (Å²) in [6.45, 7) is 9.16. The number of nitrogens with one attached hydrogen (secondary N) is 1. The minimum absolute atomic E-state index is 0.0451. The molecule has 0 aliphatic heterocycles. The summed E-state index contributed by atoms with van der Waals surface area (Å²) >= 11 is 0. The topological polar surface area (TPSA) is 46.9 Å². The molecular formula is C20H23N3O. The van der Waals surface area contributed by atoms with Gasteiger partial charge in [0.1, 0.15) is 5.82 Å². The van der Waals surface area contributed by atoms with Crippen molar-refractivity contribution in [2.45, 2.75) is 40.8 Å². The maximum absolute atomic E-state index is 11.3. The molecule has 1 aromatic heterocycles. The van der Waals surface area contributed by atoms with Crippen molar-refractivity contribution in [2.75, 3.05) is 0 Å². The molecule has 4 nitrogen and oxygen atoms in total. The number of imidazole rings is 1. The second kappa shape index (κ2) is 6.48. The van der Waals surface area contributed by atoms with Crippen LogP contribution in [0.1, 0.15) is 35.0 Å². The van der Waals surface area contributed by atoms with Gasteiger partial charge in [-0.1, -0.05) is 29.8 Å². The van der Waals surface area contributed by atoms with Crippen molar-refractivity contribution in [3.63, 3.8) is 0 Å². The first-order valence-electron chi connectivity index (χ1n) is 8.21. The molecule has 24 heavy (non-hydrogen) atoms. The quantitative estimate of drug-likeness (QED) is 0.797. The van der Waals surface area contributed by atoms with Crippen LogP contribution in [-0.2, 0) is 17.9 Å². The van der Waals surface area contributed by atoms with Gasteiger partial charge in [0, 0.05) is 13.5 Å². The number of aryl methyl sites for hydroxylation is 3. The van der Waals surface area contributed by atoms with E-state index in [1.54, 1.807) is 0 Å². The fourth-order valence-corrected chi connectivity index (χ4v) is 3.26. The normalized spacial score (nSPS) is 11.0. The molecule has 0 aliphatic rings.